The first-order valence-corrected chi connectivity index (χ1v) is 10.0. The standard InChI is InChI=1S/C21H26N4OS/c1-21(2,3)18-7-5-16(6-8-18)15-27-20-24-23-19(25(20)13-14-26-4)17-9-11-22-12-10-17/h5-12H,13-15H2,1-4H3. The topological polar surface area (TPSA) is 52.8 Å². The van der Waals surface area contributed by atoms with Crippen LogP contribution in [0.1, 0.15) is 31.9 Å². The summed E-state index contributed by atoms with van der Waals surface area (Å²) in [6, 6.07) is 12.7. The summed E-state index contributed by atoms with van der Waals surface area (Å²) in [6.45, 7) is 8.03. The van der Waals surface area contributed by atoms with Crippen LogP contribution >= 0.6 is 11.8 Å². The maximum atomic E-state index is 5.27. The highest BCUT2D eigenvalue weighted by molar-refractivity contribution is 7.98. The van der Waals surface area contributed by atoms with Gasteiger partial charge < -0.3 is 4.74 Å². The van der Waals surface area contributed by atoms with Gasteiger partial charge in [0.25, 0.3) is 0 Å². The Bertz CT molecular complexity index is 854. The summed E-state index contributed by atoms with van der Waals surface area (Å²) in [7, 11) is 1.71. The molecule has 0 atom stereocenters. The lowest BCUT2D eigenvalue weighted by molar-refractivity contribution is 0.185. The van der Waals surface area contributed by atoms with Gasteiger partial charge in [-0.05, 0) is 28.7 Å². The molecule has 3 aromatic rings. The fourth-order valence-corrected chi connectivity index (χ4v) is 3.66. The SMILES string of the molecule is COCCn1c(SCc2ccc(C(C)(C)C)cc2)nnc1-c1ccncc1. The van der Waals surface area contributed by atoms with E-state index in [1.54, 1.807) is 31.3 Å². The zero-order valence-corrected chi connectivity index (χ0v) is 17.2. The summed E-state index contributed by atoms with van der Waals surface area (Å²) in [5.41, 5.74) is 3.81. The number of rotatable bonds is 7. The predicted molar refractivity (Wildman–Crippen MR) is 110 cm³/mol. The van der Waals surface area contributed by atoms with E-state index in [4.69, 9.17) is 4.74 Å². The van der Waals surface area contributed by atoms with E-state index in [1.165, 1.54) is 11.1 Å². The van der Waals surface area contributed by atoms with Gasteiger partial charge in [-0.25, -0.2) is 0 Å². The third-order valence-electron chi connectivity index (χ3n) is 4.36. The molecule has 0 unspecified atom stereocenters. The second-order valence-electron chi connectivity index (χ2n) is 7.42. The number of ether oxygens (including phenoxy) is 1. The Kier molecular flexibility index (Phi) is 6.29. The van der Waals surface area contributed by atoms with E-state index in [0.29, 0.717) is 13.2 Å². The van der Waals surface area contributed by atoms with Crippen LogP contribution in [0.5, 0.6) is 0 Å². The molecule has 0 N–H and O–H groups in total. The van der Waals surface area contributed by atoms with Gasteiger partial charge in [-0.2, -0.15) is 0 Å². The Morgan fingerprint density at radius 2 is 1.70 bits per heavy atom. The molecule has 0 saturated carbocycles. The normalized spacial score (nSPS) is 11.7. The first-order chi connectivity index (χ1) is 13.0. The molecule has 0 spiro atoms. The predicted octanol–water partition coefficient (Wildman–Crippen LogP) is 4.58. The fraction of sp³-hybridized carbons (Fsp3) is 0.381. The van der Waals surface area contributed by atoms with Crippen LogP contribution in [0.4, 0.5) is 0 Å². The summed E-state index contributed by atoms with van der Waals surface area (Å²) < 4.78 is 7.39. The fourth-order valence-electron chi connectivity index (χ4n) is 2.74. The number of pyridine rings is 1. The number of nitrogens with zero attached hydrogens (tertiary/aromatic N) is 4. The number of benzene rings is 1. The van der Waals surface area contributed by atoms with Gasteiger partial charge in [-0.3, -0.25) is 9.55 Å². The largest absolute Gasteiger partial charge is 0.383 e. The zero-order valence-electron chi connectivity index (χ0n) is 16.3. The number of thioether (sulfide) groups is 1. The zero-order chi connectivity index (χ0) is 19.3. The minimum Gasteiger partial charge on any atom is -0.383 e. The highest BCUT2D eigenvalue weighted by atomic mass is 32.2. The average molecular weight is 383 g/mol. The first kappa shape index (κ1) is 19.6. The van der Waals surface area contributed by atoms with Crippen molar-refractivity contribution in [2.45, 2.75) is 43.6 Å². The van der Waals surface area contributed by atoms with Crippen molar-refractivity contribution >= 4 is 11.8 Å². The lowest BCUT2D eigenvalue weighted by Gasteiger charge is -2.19. The Balaban J connectivity index is 1.77. The molecule has 2 heterocycles. The first-order valence-electron chi connectivity index (χ1n) is 9.04. The molecule has 0 bridgehead atoms. The van der Waals surface area contributed by atoms with Gasteiger partial charge in [0.2, 0.25) is 0 Å². The lowest BCUT2D eigenvalue weighted by atomic mass is 9.87. The van der Waals surface area contributed by atoms with Gasteiger partial charge in [0, 0.05) is 30.8 Å². The summed E-state index contributed by atoms with van der Waals surface area (Å²) in [6.07, 6.45) is 3.54. The number of aromatic nitrogens is 4. The van der Waals surface area contributed by atoms with Crippen molar-refractivity contribution in [2.24, 2.45) is 0 Å². The van der Waals surface area contributed by atoms with Crippen molar-refractivity contribution in [3.8, 4) is 11.4 Å². The maximum Gasteiger partial charge on any atom is 0.191 e. The molecular formula is C21H26N4OS. The summed E-state index contributed by atoms with van der Waals surface area (Å²) >= 11 is 1.70. The van der Waals surface area contributed by atoms with Crippen LogP contribution < -0.4 is 0 Å². The molecule has 1 aromatic carbocycles. The highest BCUT2D eigenvalue weighted by Gasteiger charge is 2.15. The van der Waals surface area contributed by atoms with E-state index in [1.807, 2.05) is 12.1 Å². The molecule has 0 saturated heterocycles. The lowest BCUT2D eigenvalue weighted by Crippen LogP contribution is -2.10. The van der Waals surface area contributed by atoms with Crippen LogP contribution in [0.25, 0.3) is 11.4 Å². The van der Waals surface area contributed by atoms with Crippen LogP contribution in [0.2, 0.25) is 0 Å². The smallest absolute Gasteiger partial charge is 0.191 e. The van der Waals surface area contributed by atoms with E-state index in [9.17, 15) is 0 Å². The minimum absolute atomic E-state index is 0.172. The van der Waals surface area contributed by atoms with Gasteiger partial charge in [-0.15, -0.1) is 10.2 Å². The van der Waals surface area contributed by atoms with Crippen molar-refractivity contribution < 1.29 is 4.74 Å². The summed E-state index contributed by atoms with van der Waals surface area (Å²) in [5.74, 6) is 1.70. The number of hydrogen-bond donors (Lipinski definition) is 0. The van der Waals surface area contributed by atoms with E-state index >= 15 is 0 Å². The Labute approximate surface area is 165 Å². The number of hydrogen-bond acceptors (Lipinski definition) is 5. The van der Waals surface area contributed by atoms with Gasteiger partial charge >= 0.3 is 0 Å². The van der Waals surface area contributed by atoms with Gasteiger partial charge in [0.05, 0.1) is 13.2 Å². The van der Waals surface area contributed by atoms with Crippen LogP contribution in [-0.4, -0.2) is 33.5 Å². The molecule has 0 aliphatic rings. The van der Waals surface area contributed by atoms with Crippen molar-refractivity contribution in [1.82, 2.24) is 19.7 Å². The molecule has 142 valence electrons. The molecule has 0 aliphatic carbocycles. The monoisotopic (exact) mass is 382 g/mol. The summed E-state index contributed by atoms with van der Waals surface area (Å²) in [5, 5.41) is 9.73. The van der Waals surface area contributed by atoms with Crippen molar-refractivity contribution in [3.63, 3.8) is 0 Å². The third-order valence-corrected chi connectivity index (χ3v) is 5.40. The molecule has 0 fully saturated rings. The van der Waals surface area contributed by atoms with Crippen LogP contribution in [0.3, 0.4) is 0 Å². The van der Waals surface area contributed by atoms with Gasteiger partial charge in [0.1, 0.15) is 0 Å². The second-order valence-corrected chi connectivity index (χ2v) is 8.36. The van der Waals surface area contributed by atoms with Crippen LogP contribution in [-0.2, 0) is 22.4 Å². The minimum atomic E-state index is 0.172. The maximum absolute atomic E-state index is 5.27. The third kappa shape index (κ3) is 4.96. The van der Waals surface area contributed by atoms with E-state index in [2.05, 4.69) is 64.8 Å². The second kappa shape index (κ2) is 8.67. The average Bonchev–Trinajstić information content (AvgIpc) is 3.07. The Morgan fingerprint density at radius 3 is 2.33 bits per heavy atom. The quantitative estimate of drug-likeness (QED) is 0.560. The van der Waals surface area contributed by atoms with Crippen LogP contribution in [0, 0.1) is 0 Å². The summed E-state index contributed by atoms with van der Waals surface area (Å²) in [4.78, 5) is 4.08. The molecule has 27 heavy (non-hydrogen) atoms. The molecule has 5 nitrogen and oxygen atoms in total. The van der Waals surface area contributed by atoms with Crippen molar-refractivity contribution in [1.29, 1.82) is 0 Å². The van der Waals surface area contributed by atoms with Gasteiger partial charge in [0.15, 0.2) is 11.0 Å². The molecule has 6 heteroatoms. The Morgan fingerprint density at radius 1 is 1.00 bits per heavy atom. The highest BCUT2D eigenvalue weighted by Crippen LogP contribution is 2.27. The molecule has 0 aliphatic heterocycles. The van der Waals surface area contributed by atoms with Gasteiger partial charge in [-0.1, -0.05) is 56.8 Å². The van der Waals surface area contributed by atoms with Crippen LogP contribution in [0.15, 0.2) is 53.9 Å². The van der Waals surface area contributed by atoms with E-state index in [0.717, 1.165) is 22.3 Å². The van der Waals surface area contributed by atoms with E-state index in [-0.39, 0.29) is 5.41 Å². The molecule has 0 amide bonds. The molecule has 0 radical (unpaired) electrons. The Hall–Kier alpha value is -2.18. The van der Waals surface area contributed by atoms with Crippen molar-refractivity contribution in [3.05, 3.63) is 59.9 Å². The number of methoxy groups -OCH3 is 1. The van der Waals surface area contributed by atoms with Crippen molar-refractivity contribution in [2.75, 3.05) is 13.7 Å². The molecule has 3 rings (SSSR count). The molecule has 2 aromatic heterocycles. The molecular weight excluding hydrogens is 356 g/mol. The van der Waals surface area contributed by atoms with E-state index < -0.39 is 0 Å².